The molecule has 0 radical (unpaired) electrons. The lowest BCUT2D eigenvalue weighted by molar-refractivity contribution is 0.0949. The van der Waals surface area contributed by atoms with Gasteiger partial charge >= 0.3 is 0 Å². The summed E-state index contributed by atoms with van der Waals surface area (Å²) in [6.07, 6.45) is 0. The van der Waals surface area contributed by atoms with Gasteiger partial charge in [0, 0.05) is 18.1 Å². The second-order valence-corrected chi connectivity index (χ2v) is 5.41. The Balaban J connectivity index is 1.99. The third-order valence-electron chi connectivity index (χ3n) is 2.96. The first kappa shape index (κ1) is 15.7. The van der Waals surface area contributed by atoms with E-state index in [4.69, 9.17) is 4.74 Å². The van der Waals surface area contributed by atoms with Crippen molar-refractivity contribution in [2.24, 2.45) is 0 Å². The molecule has 5 heteroatoms. The standard InChI is InChI=1S/C16H15BrFNO2/c1-21-10-12-4-2-11(3-5-12)9-19-16(20)14-8-13(18)6-7-15(14)17/h2-8H,9-10H2,1H3,(H,19,20). The second kappa shape index (κ2) is 7.33. The zero-order chi connectivity index (χ0) is 15.2. The molecule has 0 atom stereocenters. The Morgan fingerprint density at radius 1 is 1.19 bits per heavy atom. The topological polar surface area (TPSA) is 38.3 Å². The third-order valence-corrected chi connectivity index (χ3v) is 3.65. The maximum atomic E-state index is 13.2. The molecule has 0 unspecified atom stereocenters. The summed E-state index contributed by atoms with van der Waals surface area (Å²) in [5.41, 5.74) is 2.32. The van der Waals surface area contributed by atoms with Crippen LogP contribution in [0.25, 0.3) is 0 Å². The monoisotopic (exact) mass is 351 g/mol. The van der Waals surface area contributed by atoms with Crippen LogP contribution in [0.1, 0.15) is 21.5 Å². The fourth-order valence-electron chi connectivity index (χ4n) is 1.87. The predicted octanol–water partition coefficient (Wildman–Crippen LogP) is 3.66. The number of hydrogen-bond donors (Lipinski definition) is 1. The smallest absolute Gasteiger partial charge is 0.252 e. The molecule has 3 nitrogen and oxygen atoms in total. The highest BCUT2D eigenvalue weighted by molar-refractivity contribution is 9.10. The number of hydrogen-bond acceptors (Lipinski definition) is 2. The van der Waals surface area contributed by atoms with Crippen LogP contribution in [-0.4, -0.2) is 13.0 Å². The Morgan fingerprint density at radius 2 is 1.86 bits per heavy atom. The SMILES string of the molecule is COCc1ccc(CNC(=O)c2cc(F)ccc2Br)cc1. The zero-order valence-electron chi connectivity index (χ0n) is 11.5. The number of nitrogens with one attached hydrogen (secondary N) is 1. The Bertz CT molecular complexity index is 629. The van der Waals surface area contributed by atoms with E-state index in [1.54, 1.807) is 7.11 Å². The average Bonchev–Trinajstić information content (AvgIpc) is 2.49. The summed E-state index contributed by atoms with van der Waals surface area (Å²) < 4.78 is 18.8. The molecule has 2 aromatic carbocycles. The van der Waals surface area contributed by atoms with Crippen LogP contribution < -0.4 is 5.32 Å². The first-order chi connectivity index (χ1) is 10.1. The number of amides is 1. The first-order valence-corrected chi connectivity index (χ1v) is 7.19. The number of methoxy groups -OCH3 is 1. The normalized spacial score (nSPS) is 10.4. The van der Waals surface area contributed by atoms with E-state index in [0.29, 0.717) is 17.6 Å². The molecule has 0 saturated carbocycles. The van der Waals surface area contributed by atoms with Crippen molar-refractivity contribution >= 4 is 21.8 Å². The minimum absolute atomic E-state index is 0.283. The van der Waals surface area contributed by atoms with Gasteiger partial charge in [-0.2, -0.15) is 0 Å². The number of benzene rings is 2. The number of halogens is 2. The molecule has 0 saturated heterocycles. The fraction of sp³-hybridized carbons (Fsp3) is 0.188. The van der Waals surface area contributed by atoms with Gasteiger partial charge in [0.1, 0.15) is 5.82 Å². The van der Waals surface area contributed by atoms with Crippen molar-refractivity contribution in [3.8, 4) is 0 Å². The molecule has 0 heterocycles. The highest BCUT2D eigenvalue weighted by atomic mass is 79.9. The first-order valence-electron chi connectivity index (χ1n) is 6.40. The van der Waals surface area contributed by atoms with Gasteiger partial charge in [-0.3, -0.25) is 4.79 Å². The van der Waals surface area contributed by atoms with E-state index in [2.05, 4.69) is 21.2 Å². The van der Waals surface area contributed by atoms with Gasteiger partial charge in [0.25, 0.3) is 5.91 Å². The lowest BCUT2D eigenvalue weighted by Gasteiger charge is -2.08. The van der Waals surface area contributed by atoms with Gasteiger partial charge in [-0.1, -0.05) is 24.3 Å². The number of rotatable bonds is 5. The third kappa shape index (κ3) is 4.37. The van der Waals surface area contributed by atoms with Crippen LogP contribution in [0, 0.1) is 5.82 Å². The van der Waals surface area contributed by atoms with Gasteiger partial charge in [0.2, 0.25) is 0 Å². The highest BCUT2D eigenvalue weighted by Crippen LogP contribution is 2.17. The molecular weight excluding hydrogens is 337 g/mol. The van der Waals surface area contributed by atoms with Gasteiger partial charge in [0.15, 0.2) is 0 Å². The lowest BCUT2D eigenvalue weighted by atomic mass is 10.1. The van der Waals surface area contributed by atoms with Crippen LogP contribution in [0.3, 0.4) is 0 Å². The van der Waals surface area contributed by atoms with Crippen LogP contribution in [0.4, 0.5) is 4.39 Å². The summed E-state index contributed by atoms with van der Waals surface area (Å²) >= 11 is 3.24. The number of carbonyl (C=O) groups excluding carboxylic acids is 1. The summed E-state index contributed by atoms with van der Waals surface area (Å²) in [5, 5.41) is 2.77. The van der Waals surface area contributed by atoms with E-state index in [0.717, 1.165) is 11.1 Å². The summed E-state index contributed by atoms with van der Waals surface area (Å²) in [6.45, 7) is 0.942. The van der Waals surface area contributed by atoms with Crippen LogP contribution >= 0.6 is 15.9 Å². The molecule has 2 rings (SSSR count). The van der Waals surface area contributed by atoms with E-state index in [-0.39, 0.29) is 11.5 Å². The Morgan fingerprint density at radius 3 is 2.52 bits per heavy atom. The molecule has 1 N–H and O–H groups in total. The molecule has 0 aliphatic rings. The number of ether oxygens (including phenoxy) is 1. The quantitative estimate of drug-likeness (QED) is 0.892. The van der Waals surface area contributed by atoms with Crippen molar-refractivity contribution in [2.45, 2.75) is 13.2 Å². The molecule has 0 bridgehead atoms. The molecule has 2 aromatic rings. The summed E-state index contributed by atoms with van der Waals surface area (Å²) in [7, 11) is 1.64. The summed E-state index contributed by atoms with van der Waals surface area (Å²) in [5.74, 6) is -0.755. The Kier molecular flexibility index (Phi) is 5.47. The molecular formula is C16H15BrFNO2. The van der Waals surface area contributed by atoms with Crippen LogP contribution in [0.5, 0.6) is 0 Å². The molecule has 0 aromatic heterocycles. The Hall–Kier alpha value is -1.72. The Labute approximate surface area is 131 Å². The maximum absolute atomic E-state index is 13.2. The van der Waals surface area contributed by atoms with Gasteiger partial charge < -0.3 is 10.1 Å². The summed E-state index contributed by atoms with van der Waals surface area (Å²) in [6, 6.07) is 11.8. The maximum Gasteiger partial charge on any atom is 0.252 e. The molecule has 0 fully saturated rings. The average molecular weight is 352 g/mol. The van der Waals surface area contributed by atoms with Gasteiger partial charge in [0.05, 0.1) is 12.2 Å². The largest absolute Gasteiger partial charge is 0.380 e. The number of carbonyl (C=O) groups is 1. The molecule has 0 aliphatic heterocycles. The van der Waals surface area contributed by atoms with Gasteiger partial charge in [-0.05, 0) is 45.3 Å². The van der Waals surface area contributed by atoms with Gasteiger partial charge in [-0.15, -0.1) is 0 Å². The van der Waals surface area contributed by atoms with E-state index >= 15 is 0 Å². The lowest BCUT2D eigenvalue weighted by Crippen LogP contribution is -2.23. The van der Waals surface area contributed by atoms with E-state index in [9.17, 15) is 9.18 Å². The minimum atomic E-state index is -0.438. The molecule has 0 spiro atoms. The minimum Gasteiger partial charge on any atom is -0.380 e. The van der Waals surface area contributed by atoms with Crippen molar-refractivity contribution < 1.29 is 13.9 Å². The van der Waals surface area contributed by atoms with E-state index in [1.165, 1.54) is 18.2 Å². The molecule has 1 amide bonds. The van der Waals surface area contributed by atoms with E-state index in [1.807, 2.05) is 24.3 Å². The van der Waals surface area contributed by atoms with Gasteiger partial charge in [-0.25, -0.2) is 4.39 Å². The highest BCUT2D eigenvalue weighted by Gasteiger charge is 2.10. The van der Waals surface area contributed by atoms with Crippen LogP contribution in [-0.2, 0) is 17.9 Å². The van der Waals surface area contributed by atoms with Crippen molar-refractivity contribution in [1.29, 1.82) is 0 Å². The van der Waals surface area contributed by atoms with E-state index < -0.39 is 5.82 Å². The molecule has 110 valence electrons. The summed E-state index contributed by atoms with van der Waals surface area (Å²) in [4.78, 5) is 12.0. The van der Waals surface area contributed by atoms with Crippen LogP contribution in [0.2, 0.25) is 0 Å². The van der Waals surface area contributed by atoms with Crippen LogP contribution in [0.15, 0.2) is 46.9 Å². The van der Waals surface area contributed by atoms with Crippen molar-refractivity contribution in [2.75, 3.05) is 7.11 Å². The predicted molar refractivity (Wildman–Crippen MR) is 82.4 cm³/mol. The zero-order valence-corrected chi connectivity index (χ0v) is 13.1. The molecule has 0 aliphatic carbocycles. The van der Waals surface area contributed by atoms with Crippen molar-refractivity contribution in [3.05, 3.63) is 69.4 Å². The molecule has 21 heavy (non-hydrogen) atoms. The van der Waals surface area contributed by atoms with Crippen molar-refractivity contribution in [3.63, 3.8) is 0 Å². The fourth-order valence-corrected chi connectivity index (χ4v) is 2.30. The van der Waals surface area contributed by atoms with Crippen molar-refractivity contribution in [1.82, 2.24) is 5.32 Å². The second-order valence-electron chi connectivity index (χ2n) is 4.56.